The van der Waals surface area contributed by atoms with Crippen LogP contribution in [0.3, 0.4) is 0 Å². The van der Waals surface area contributed by atoms with Crippen LogP contribution < -0.4 is 11.2 Å². The van der Waals surface area contributed by atoms with Crippen LogP contribution in [0.5, 0.6) is 0 Å². The van der Waals surface area contributed by atoms with E-state index in [1.54, 1.807) is 7.05 Å². The normalized spacial score (nSPS) is 10.1. The molecule has 0 unspecified atom stereocenters. The number of rotatable bonds is 0. The van der Waals surface area contributed by atoms with Crippen LogP contribution in [0, 0.1) is 0 Å². The fourth-order valence-electron chi connectivity index (χ4n) is 1.27. The van der Waals surface area contributed by atoms with Crippen molar-refractivity contribution >= 4 is 48.9 Å². The molecule has 0 saturated heterocycles. The molecule has 0 amide bonds. The molecule has 1 N–H and O–H groups in total. The van der Waals surface area contributed by atoms with E-state index >= 15 is 0 Å². The van der Waals surface area contributed by atoms with Gasteiger partial charge in [-0.1, -0.05) is 0 Å². The average Bonchev–Trinajstić information content (AvgIpc) is 2.59. The van der Waals surface area contributed by atoms with Crippen molar-refractivity contribution in [2.75, 3.05) is 0 Å². The third-order valence-corrected chi connectivity index (χ3v) is 2.03. The number of nitrogens with zero attached hydrogens (tertiary/aromatic N) is 3. The minimum atomic E-state index is -0.371. The van der Waals surface area contributed by atoms with Crippen molar-refractivity contribution in [3.05, 3.63) is 27.2 Å². The Morgan fingerprint density at radius 1 is 1.29 bits per heavy atom. The van der Waals surface area contributed by atoms with Gasteiger partial charge in [0.2, 0.25) is 0 Å². The van der Waals surface area contributed by atoms with Gasteiger partial charge in [-0.15, -0.1) is 0 Å². The molecule has 0 aliphatic carbocycles. The van der Waals surface area contributed by atoms with Gasteiger partial charge in [-0.05, 0) is 0 Å². The zero-order valence-corrected chi connectivity index (χ0v) is 7.24. The van der Waals surface area contributed by atoms with Crippen LogP contribution >= 0.6 is 0 Å². The van der Waals surface area contributed by atoms with Gasteiger partial charge >= 0.3 is 43.4 Å². The first-order valence-electron chi connectivity index (χ1n) is 3.72. The standard InChI is InChI=1S/C7H8N4O2.Ca.2H/c1-10-5-4(8-3-9-5)6(12)11(2)7(10)13;;;/h3H,1-2H3,(H,8,9);;;. The molecule has 0 radical (unpaired) electrons. The third-order valence-electron chi connectivity index (χ3n) is 2.03. The van der Waals surface area contributed by atoms with Crippen LogP contribution in [0.2, 0.25) is 0 Å². The Kier molecular flexibility index (Phi) is 3.18. The van der Waals surface area contributed by atoms with Gasteiger partial charge in [-0.2, -0.15) is 0 Å². The molecule has 2 aromatic heterocycles. The Hall–Kier alpha value is -0.590. The molecule has 0 bridgehead atoms. The van der Waals surface area contributed by atoms with Crippen molar-refractivity contribution < 1.29 is 0 Å². The van der Waals surface area contributed by atoms with Crippen molar-refractivity contribution in [3.63, 3.8) is 0 Å². The van der Waals surface area contributed by atoms with Crippen LogP contribution in [-0.2, 0) is 14.1 Å². The van der Waals surface area contributed by atoms with Crippen LogP contribution in [0.1, 0.15) is 0 Å². The summed E-state index contributed by atoms with van der Waals surface area (Å²) in [5, 5.41) is 0. The number of hydrogen-bond donors (Lipinski definition) is 1. The van der Waals surface area contributed by atoms with E-state index in [4.69, 9.17) is 0 Å². The van der Waals surface area contributed by atoms with Gasteiger partial charge in [0.25, 0.3) is 5.56 Å². The zero-order valence-electron chi connectivity index (χ0n) is 7.24. The molecule has 0 aliphatic rings. The van der Waals surface area contributed by atoms with Gasteiger partial charge in [-0.3, -0.25) is 13.9 Å². The van der Waals surface area contributed by atoms with Crippen molar-refractivity contribution in [1.82, 2.24) is 19.1 Å². The number of imidazole rings is 1. The topological polar surface area (TPSA) is 72.7 Å². The summed E-state index contributed by atoms with van der Waals surface area (Å²) in [5.74, 6) is 0. The molecule has 0 aliphatic heterocycles. The van der Waals surface area contributed by atoms with Gasteiger partial charge < -0.3 is 4.98 Å². The summed E-state index contributed by atoms with van der Waals surface area (Å²) >= 11 is 0. The molecule has 2 aromatic rings. The van der Waals surface area contributed by atoms with Gasteiger partial charge in [0, 0.05) is 14.1 Å². The summed E-state index contributed by atoms with van der Waals surface area (Å²) in [4.78, 5) is 29.4. The number of hydrogen-bond acceptors (Lipinski definition) is 3. The van der Waals surface area contributed by atoms with E-state index in [0.29, 0.717) is 11.2 Å². The first-order valence-corrected chi connectivity index (χ1v) is 3.72. The van der Waals surface area contributed by atoms with E-state index in [1.807, 2.05) is 0 Å². The molecule has 6 nitrogen and oxygen atoms in total. The number of fused-ring (bicyclic) bond motifs is 1. The van der Waals surface area contributed by atoms with E-state index in [2.05, 4.69) is 9.97 Å². The molecule has 72 valence electrons. The van der Waals surface area contributed by atoms with Crippen LogP contribution in [0.4, 0.5) is 0 Å². The van der Waals surface area contributed by atoms with Gasteiger partial charge in [0.1, 0.15) is 5.52 Å². The number of H-pyrrole nitrogens is 1. The van der Waals surface area contributed by atoms with Crippen molar-refractivity contribution in [1.29, 1.82) is 0 Å². The summed E-state index contributed by atoms with van der Waals surface area (Å²) in [7, 11) is 3.01. The molecule has 0 fully saturated rings. The van der Waals surface area contributed by atoms with E-state index in [9.17, 15) is 9.59 Å². The molecule has 0 saturated carbocycles. The van der Waals surface area contributed by atoms with E-state index in [-0.39, 0.29) is 49.0 Å². The number of nitrogens with one attached hydrogen (secondary N) is 1. The predicted octanol–water partition coefficient (Wildman–Crippen LogP) is -1.96. The third kappa shape index (κ3) is 1.43. The van der Waals surface area contributed by atoms with E-state index < -0.39 is 0 Å². The Morgan fingerprint density at radius 2 is 1.93 bits per heavy atom. The van der Waals surface area contributed by atoms with Crippen molar-refractivity contribution in [2.24, 2.45) is 14.1 Å². The molecular weight excluding hydrogens is 212 g/mol. The minimum absolute atomic E-state index is 0. The van der Waals surface area contributed by atoms with Crippen molar-refractivity contribution in [2.45, 2.75) is 0 Å². The first kappa shape index (κ1) is 11.5. The molecular formula is C7H10CaN4O2. The SMILES string of the molecule is Cn1c(=O)c2[nH]cnc2n(C)c1=O.[CaH2]. The summed E-state index contributed by atoms with van der Waals surface area (Å²) < 4.78 is 2.37. The Labute approximate surface area is 109 Å². The predicted molar refractivity (Wildman–Crippen MR) is 55.1 cm³/mol. The number of aromatic nitrogens is 4. The monoisotopic (exact) mass is 222 g/mol. The van der Waals surface area contributed by atoms with Crippen LogP contribution in [0.25, 0.3) is 11.2 Å². The fourth-order valence-corrected chi connectivity index (χ4v) is 1.27. The summed E-state index contributed by atoms with van der Waals surface area (Å²) in [6, 6.07) is 0. The van der Waals surface area contributed by atoms with Crippen LogP contribution in [0.15, 0.2) is 15.9 Å². The summed E-state index contributed by atoms with van der Waals surface area (Å²) in [5.41, 5.74) is 0.0119. The van der Waals surface area contributed by atoms with Gasteiger partial charge in [0.15, 0.2) is 5.65 Å². The average molecular weight is 222 g/mol. The number of aromatic amines is 1. The zero-order chi connectivity index (χ0) is 9.59. The van der Waals surface area contributed by atoms with E-state index in [0.717, 1.165) is 4.57 Å². The van der Waals surface area contributed by atoms with Gasteiger partial charge in [0.05, 0.1) is 6.33 Å². The Morgan fingerprint density at radius 3 is 2.57 bits per heavy atom. The summed E-state index contributed by atoms with van der Waals surface area (Å²) in [6.45, 7) is 0. The Bertz CT molecular complexity index is 579. The van der Waals surface area contributed by atoms with E-state index in [1.165, 1.54) is 17.9 Å². The van der Waals surface area contributed by atoms with Crippen molar-refractivity contribution in [3.8, 4) is 0 Å². The molecule has 0 atom stereocenters. The molecule has 2 rings (SSSR count). The molecule has 0 spiro atoms. The second-order valence-corrected chi connectivity index (χ2v) is 2.81. The number of aryl methyl sites for hydroxylation is 1. The molecule has 14 heavy (non-hydrogen) atoms. The molecule has 7 heteroatoms. The Balaban J connectivity index is 0.000000980. The summed E-state index contributed by atoms with van der Waals surface area (Å²) in [6.07, 6.45) is 1.39. The molecule has 2 heterocycles. The first-order chi connectivity index (χ1) is 6.13. The second kappa shape index (κ2) is 3.88. The maximum absolute atomic E-state index is 11.4. The maximum atomic E-state index is 11.4. The fraction of sp³-hybridized carbons (Fsp3) is 0.286. The second-order valence-electron chi connectivity index (χ2n) is 2.81. The van der Waals surface area contributed by atoms with Crippen LogP contribution in [-0.4, -0.2) is 56.8 Å². The molecule has 0 aromatic carbocycles. The quantitative estimate of drug-likeness (QED) is 0.526. The van der Waals surface area contributed by atoms with Gasteiger partial charge in [-0.25, -0.2) is 9.78 Å².